The van der Waals surface area contributed by atoms with Crippen LogP contribution in [0.1, 0.15) is 36.8 Å². The van der Waals surface area contributed by atoms with E-state index in [1.807, 2.05) is 47.4 Å². The maximum atomic E-state index is 13.3. The van der Waals surface area contributed by atoms with E-state index in [-0.39, 0.29) is 23.5 Å². The van der Waals surface area contributed by atoms with Gasteiger partial charge in [0.1, 0.15) is 5.75 Å². The Morgan fingerprint density at radius 3 is 2.32 bits per heavy atom. The molecule has 2 N–H and O–H groups in total. The zero-order valence-corrected chi connectivity index (χ0v) is 16.3. The normalized spacial score (nSPS) is 15.8. The van der Waals surface area contributed by atoms with Gasteiger partial charge in [0.2, 0.25) is 11.8 Å². The highest BCUT2D eigenvalue weighted by atomic mass is 16.3. The summed E-state index contributed by atoms with van der Waals surface area (Å²) in [6.45, 7) is 3.67. The Kier molecular flexibility index (Phi) is 6.69. The van der Waals surface area contributed by atoms with Gasteiger partial charge in [0, 0.05) is 26.6 Å². The molecular weight excluding hydrogens is 352 g/mol. The number of likely N-dealkylation sites (tertiary alicyclic amines) is 1. The lowest BCUT2D eigenvalue weighted by atomic mass is 9.89. The van der Waals surface area contributed by atoms with Crippen molar-refractivity contribution in [3.8, 4) is 5.75 Å². The van der Waals surface area contributed by atoms with Crippen molar-refractivity contribution in [1.82, 2.24) is 10.2 Å². The van der Waals surface area contributed by atoms with Crippen LogP contribution in [0.15, 0.2) is 54.6 Å². The first-order chi connectivity index (χ1) is 13.5. The number of phenols is 1. The summed E-state index contributed by atoms with van der Waals surface area (Å²) < 4.78 is 0. The maximum Gasteiger partial charge on any atom is 0.230 e. The fraction of sp³-hybridized carbons (Fsp3) is 0.391. The molecule has 148 valence electrons. The number of carbonyl (C=O) groups excluding carboxylic acids is 2. The minimum absolute atomic E-state index is 0.00320. The lowest BCUT2D eigenvalue weighted by molar-refractivity contribution is -0.134. The molecule has 28 heavy (non-hydrogen) atoms. The average Bonchev–Trinajstić information content (AvgIpc) is 2.72. The second kappa shape index (κ2) is 9.40. The summed E-state index contributed by atoms with van der Waals surface area (Å²) >= 11 is 0. The molecule has 0 aliphatic carbocycles. The van der Waals surface area contributed by atoms with Crippen molar-refractivity contribution < 1.29 is 14.7 Å². The van der Waals surface area contributed by atoms with Crippen LogP contribution in [0.2, 0.25) is 0 Å². The number of aromatic hydroxyl groups is 1. The van der Waals surface area contributed by atoms with Crippen molar-refractivity contribution >= 4 is 11.8 Å². The highest BCUT2D eigenvalue weighted by Crippen LogP contribution is 2.27. The van der Waals surface area contributed by atoms with Crippen molar-refractivity contribution in [2.75, 3.05) is 19.6 Å². The van der Waals surface area contributed by atoms with E-state index in [2.05, 4.69) is 5.32 Å². The maximum absolute atomic E-state index is 13.3. The largest absolute Gasteiger partial charge is 0.508 e. The Bertz CT molecular complexity index is 781. The molecule has 5 heteroatoms. The third-order valence-corrected chi connectivity index (χ3v) is 5.44. The molecule has 1 atom stereocenters. The van der Waals surface area contributed by atoms with Crippen LogP contribution in [-0.2, 0) is 16.0 Å². The van der Waals surface area contributed by atoms with Crippen LogP contribution in [-0.4, -0.2) is 41.5 Å². The molecule has 2 aromatic carbocycles. The molecule has 0 spiro atoms. The van der Waals surface area contributed by atoms with Gasteiger partial charge in [0.15, 0.2) is 0 Å². The number of nitrogens with one attached hydrogen (secondary N) is 1. The first kappa shape index (κ1) is 19.9. The van der Waals surface area contributed by atoms with E-state index in [9.17, 15) is 14.7 Å². The van der Waals surface area contributed by atoms with Gasteiger partial charge in [-0.15, -0.1) is 0 Å². The average molecular weight is 380 g/mol. The Balaban J connectivity index is 1.69. The van der Waals surface area contributed by atoms with E-state index in [0.717, 1.165) is 37.1 Å². The number of amides is 2. The SMILES string of the molecule is CC(=O)NCC1CCN(C(=O)[C@H](Cc2ccc(O)cc2)c2ccccc2)CC1. The van der Waals surface area contributed by atoms with Crippen LogP contribution < -0.4 is 5.32 Å². The van der Waals surface area contributed by atoms with E-state index in [0.29, 0.717) is 18.9 Å². The zero-order chi connectivity index (χ0) is 19.9. The van der Waals surface area contributed by atoms with Gasteiger partial charge in [-0.05, 0) is 48.4 Å². The van der Waals surface area contributed by atoms with Gasteiger partial charge in [-0.1, -0.05) is 42.5 Å². The molecule has 1 heterocycles. The summed E-state index contributed by atoms with van der Waals surface area (Å²) in [6.07, 6.45) is 2.43. The van der Waals surface area contributed by atoms with Crippen molar-refractivity contribution in [1.29, 1.82) is 0 Å². The van der Waals surface area contributed by atoms with Gasteiger partial charge in [0.25, 0.3) is 0 Å². The third kappa shape index (κ3) is 5.35. The molecule has 0 unspecified atom stereocenters. The van der Waals surface area contributed by atoms with Crippen LogP contribution in [0.3, 0.4) is 0 Å². The smallest absolute Gasteiger partial charge is 0.230 e. The van der Waals surface area contributed by atoms with Gasteiger partial charge in [-0.3, -0.25) is 9.59 Å². The van der Waals surface area contributed by atoms with Gasteiger partial charge in [-0.25, -0.2) is 0 Å². The molecule has 0 saturated carbocycles. The number of benzene rings is 2. The number of nitrogens with zero attached hydrogens (tertiary/aromatic N) is 1. The Morgan fingerprint density at radius 1 is 1.07 bits per heavy atom. The molecule has 1 fully saturated rings. The predicted molar refractivity (Wildman–Crippen MR) is 109 cm³/mol. The summed E-state index contributed by atoms with van der Waals surface area (Å²) in [5, 5.41) is 12.4. The third-order valence-electron chi connectivity index (χ3n) is 5.44. The Labute approximate surface area is 166 Å². The van der Waals surface area contributed by atoms with Crippen molar-refractivity contribution in [2.45, 2.75) is 32.1 Å². The fourth-order valence-electron chi connectivity index (χ4n) is 3.77. The van der Waals surface area contributed by atoms with Crippen LogP contribution in [0.4, 0.5) is 0 Å². The first-order valence-corrected chi connectivity index (χ1v) is 9.89. The molecule has 1 saturated heterocycles. The van der Waals surface area contributed by atoms with E-state index in [1.165, 1.54) is 6.92 Å². The summed E-state index contributed by atoms with van der Waals surface area (Å²) in [7, 11) is 0. The molecule has 1 aliphatic heterocycles. The molecule has 0 bridgehead atoms. The van der Waals surface area contributed by atoms with Gasteiger partial charge >= 0.3 is 0 Å². The zero-order valence-electron chi connectivity index (χ0n) is 16.3. The number of phenolic OH excluding ortho intramolecular Hbond substituents is 1. The van der Waals surface area contributed by atoms with Crippen molar-refractivity contribution in [3.63, 3.8) is 0 Å². The molecule has 0 radical (unpaired) electrons. The van der Waals surface area contributed by atoms with Gasteiger partial charge in [-0.2, -0.15) is 0 Å². The summed E-state index contributed by atoms with van der Waals surface area (Å²) in [4.78, 5) is 26.4. The number of carbonyl (C=O) groups is 2. The second-order valence-corrected chi connectivity index (χ2v) is 7.54. The number of hydrogen-bond acceptors (Lipinski definition) is 3. The Hall–Kier alpha value is -2.82. The second-order valence-electron chi connectivity index (χ2n) is 7.54. The molecule has 3 rings (SSSR count). The summed E-state index contributed by atoms with van der Waals surface area (Å²) in [6, 6.07) is 17.0. The minimum atomic E-state index is -0.238. The van der Waals surface area contributed by atoms with Crippen molar-refractivity contribution in [2.24, 2.45) is 5.92 Å². The number of rotatable bonds is 6. The van der Waals surface area contributed by atoms with E-state index in [4.69, 9.17) is 0 Å². The lowest BCUT2D eigenvalue weighted by Crippen LogP contribution is -2.43. The standard InChI is InChI=1S/C23H28N2O3/c1-17(26)24-16-19-11-13-25(14-12-19)23(28)22(20-5-3-2-4-6-20)15-18-7-9-21(27)10-8-18/h2-10,19,22,27H,11-16H2,1H3,(H,24,26)/t22-/m1/s1. The van der Waals surface area contributed by atoms with Gasteiger partial charge < -0.3 is 15.3 Å². The molecule has 0 aromatic heterocycles. The highest BCUT2D eigenvalue weighted by Gasteiger charge is 2.29. The first-order valence-electron chi connectivity index (χ1n) is 9.89. The Morgan fingerprint density at radius 2 is 1.71 bits per heavy atom. The quantitative estimate of drug-likeness (QED) is 0.809. The fourth-order valence-corrected chi connectivity index (χ4v) is 3.77. The molecule has 2 amide bonds. The lowest BCUT2D eigenvalue weighted by Gasteiger charge is -2.34. The topological polar surface area (TPSA) is 69.6 Å². The predicted octanol–water partition coefficient (Wildman–Crippen LogP) is 3.09. The summed E-state index contributed by atoms with van der Waals surface area (Å²) in [5.74, 6) is 0.569. The van der Waals surface area contributed by atoms with E-state index < -0.39 is 0 Å². The number of piperidine rings is 1. The van der Waals surface area contributed by atoms with Crippen molar-refractivity contribution in [3.05, 3.63) is 65.7 Å². The number of hydrogen-bond donors (Lipinski definition) is 2. The van der Waals surface area contributed by atoms with Crippen LogP contribution in [0, 0.1) is 5.92 Å². The molecule has 2 aromatic rings. The van der Waals surface area contributed by atoms with Crippen LogP contribution in [0.25, 0.3) is 0 Å². The summed E-state index contributed by atoms with van der Waals surface area (Å²) in [5.41, 5.74) is 2.04. The minimum Gasteiger partial charge on any atom is -0.508 e. The van der Waals surface area contributed by atoms with Gasteiger partial charge in [0.05, 0.1) is 5.92 Å². The highest BCUT2D eigenvalue weighted by molar-refractivity contribution is 5.84. The molecule has 5 nitrogen and oxygen atoms in total. The van der Waals surface area contributed by atoms with Crippen LogP contribution >= 0.6 is 0 Å². The molecule has 1 aliphatic rings. The monoisotopic (exact) mass is 380 g/mol. The van der Waals surface area contributed by atoms with E-state index >= 15 is 0 Å². The molecular formula is C23H28N2O3. The van der Waals surface area contributed by atoms with Crippen LogP contribution in [0.5, 0.6) is 5.75 Å². The van der Waals surface area contributed by atoms with E-state index in [1.54, 1.807) is 12.1 Å².